The molecule has 1 aliphatic rings. The number of fused-ring (bicyclic) bond motifs is 1. The summed E-state index contributed by atoms with van der Waals surface area (Å²) in [5.41, 5.74) is 1.69. The molecule has 1 aromatic carbocycles. The number of aromatic nitrogens is 1. The van der Waals surface area contributed by atoms with Crippen LogP contribution in [0.1, 0.15) is 47.9 Å². The van der Waals surface area contributed by atoms with Crippen molar-refractivity contribution in [3.63, 3.8) is 0 Å². The Morgan fingerprint density at radius 3 is 2.35 bits per heavy atom. The Bertz CT molecular complexity index is 954. The van der Waals surface area contributed by atoms with E-state index in [1.165, 1.54) is 24.3 Å². The van der Waals surface area contributed by atoms with Gasteiger partial charge in [0.2, 0.25) is 5.78 Å². The van der Waals surface area contributed by atoms with E-state index in [4.69, 9.17) is 4.74 Å². The van der Waals surface area contributed by atoms with Crippen LogP contribution in [0.4, 0.5) is 0 Å². The minimum absolute atomic E-state index is 0.172. The van der Waals surface area contributed by atoms with E-state index in [0.29, 0.717) is 24.2 Å². The summed E-state index contributed by atoms with van der Waals surface area (Å²) < 4.78 is 30.2. The molecule has 0 fully saturated rings. The van der Waals surface area contributed by atoms with Crippen molar-refractivity contribution < 1.29 is 22.7 Å². The van der Waals surface area contributed by atoms with Gasteiger partial charge in [-0.2, -0.15) is 0 Å². The molecule has 1 aromatic heterocycles. The summed E-state index contributed by atoms with van der Waals surface area (Å²) in [4.78, 5) is 25.2. The summed E-state index contributed by atoms with van der Waals surface area (Å²) in [6, 6.07) is 9.38. The number of sulfone groups is 1. The van der Waals surface area contributed by atoms with Crippen molar-refractivity contribution in [1.29, 1.82) is 0 Å². The number of carbonyl (C=O) groups excluding carboxylic acids is 2. The third kappa shape index (κ3) is 3.44. The van der Waals surface area contributed by atoms with Crippen LogP contribution >= 0.6 is 0 Å². The maximum Gasteiger partial charge on any atom is 0.315 e. The van der Waals surface area contributed by atoms with Crippen LogP contribution in [0.3, 0.4) is 0 Å². The van der Waals surface area contributed by atoms with E-state index in [-0.39, 0.29) is 28.7 Å². The number of rotatable bonds is 5. The van der Waals surface area contributed by atoms with Crippen LogP contribution < -0.4 is 0 Å². The highest BCUT2D eigenvalue weighted by Crippen LogP contribution is 2.32. The zero-order chi connectivity index (χ0) is 19.1. The number of hydrogen-bond acceptors (Lipinski definition) is 5. The average molecular weight is 375 g/mol. The highest BCUT2D eigenvalue weighted by Gasteiger charge is 2.33. The molecule has 0 bridgehead atoms. The lowest BCUT2D eigenvalue weighted by molar-refractivity contribution is -0.149. The van der Waals surface area contributed by atoms with Crippen molar-refractivity contribution >= 4 is 21.6 Å². The molecule has 6 nitrogen and oxygen atoms in total. The highest BCUT2D eigenvalue weighted by atomic mass is 32.2. The van der Waals surface area contributed by atoms with Gasteiger partial charge in [0.05, 0.1) is 22.6 Å². The van der Waals surface area contributed by atoms with Gasteiger partial charge in [-0.05, 0) is 56.7 Å². The Kier molecular flexibility index (Phi) is 4.75. The first kappa shape index (κ1) is 18.4. The predicted molar refractivity (Wildman–Crippen MR) is 96.0 cm³/mol. The molecule has 0 saturated heterocycles. The van der Waals surface area contributed by atoms with E-state index in [1.807, 2.05) is 4.57 Å². The van der Waals surface area contributed by atoms with E-state index in [2.05, 4.69) is 0 Å². The van der Waals surface area contributed by atoms with Crippen molar-refractivity contribution in [3.8, 4) is 0 Å². The number of ether oxygens (including phenoxy) is 1. The minimum atomic E-state index is -3.30. The SMILES string of the molecule is CC(C)OC(=O)C1CCn2c(C(=O)c3ccc(S(C)(=O)=O)cc3)ccc21. The first-order chi connectivity index (χ1) is 12.2. The molecular weight excluding hydrogens is 354 g/mol. The molecule has 26 heavy (non-hydrogen) atoms. The second-order valence-electron chi connectivity index (χ2n) is 6.75. The molecule has 0 radical (unpaired) electrons. The molecule has 7 heteroatoms. The smallest absolute Gasteiger partial charge is 0.315 e. The molecule has 1 aliphatic heterocycles. The number of carbonyl (C=O) groups is 2. The largest absolute Gasteiger partial charge is 0.462 e. The van der Waals surface area contributed by atoms with E-state index < -0.39 is 9.84 Å². The fraction of sp³-hybridized carbons (Fsp3) is 0.368. The van der Waals surface area contributed by atoms with Crippen molar-refractivity contribution in [2.75, 3.05) is 6.26 Å². The Labute approximate surface area is 152 Å². The minimum Gasteiger partial charge on any atom is -0.462 e. The van der Waals surface area contributed by atoms with Gasteiger partial charge in [-0.15, -0.1) is 0 Å². The standard InChI is InChI=1S/C19H21NO5S/c1-12(2)25-19(22)15-10-11-20-16(15)8-9-17(20)18(21)13-4-6-14(7-5-13)26(3,23)24/h4-9,12,15H,10-11H2,1-3H3. The monoisotopic (exact) mass is 375 g/mol. The average Bonchev–Trinajstić information content (AvgIpc) is 3.14. The van der Waals surface area contributed by atoms with Gasteiger partial charge < -0.3 is 9.30 Å². The molecule has 0 N–H and O–H groups in total. The lowest BCUT2D eigenvalue weighted by Crippen LogP contribution is -2.18. The summed E-state index contributed by atoms with van der Waals surface area (Å²) in [6.45, 7) is 4.19. The van der Waals surface area contributed by atoms with Gasteiger partial charge in [-0.25, -0.2) is 8.42 Å². The lowest BCUT2D eigenvalue weighted by Gasteiger charge is -2.12. The fourth-order valence-electron chi connectivity index (χ4n) is 3.20. The molecular formula is C19H21NO5S. The highest BCUT2D eigenvalue weighted by molar-refractivity contribution is 7.90. The number of hydrogen-bond donors (Lipinski definition) is 0. The lowest BCUT2D eigenvalue weighted by atomic mass is 10.1. The first-order valence-electron chi connectivity index (χ1n) is 8.43. The molecule has 1 atom stereocenters. The molecule has 0 amide bonds. The summed E-state index contributed by atoms with van der Waals surface area (Å²) in [7, 11) is -3.30. The van der Waals surface area contributed by atoms with Crippen LogP contribution in [0.15, 0.2) is 41.3 Å². The van der Waals surface area contributed by atoms with Crippen molar-refractivity contribution in [3.05, 3.63) is 53.3 Å². The van der Waals surface area contributed by atoms with Crippen LogP contribution in [0.5, 0.6) is 0 Å². The van der Waals surface area contributed by atoms with Crippen LogP contribution in [0.25, 0.3) is 0 Å². The van der Waals surface area contributed by atoms with E-state index in [1.54, 1.807) is 26.0 Å². The zero-order valence-electron chi connectivity index (χ0n) is 14.9. The molecule has 1 unspecified atom stereocenters. The van der Waals surface area contributed by atoms with E-state index in [9.17, 15) is 18.0 Å². The van der Waals surface area contributed by atoms with Gasteiger partial charge in [0.25, 0.3) is 0 Å². The molecule has 3 rings (SSSR count). The second kappa shape index (κ2) is 6.72. The quantitative estimate of drug-likeness (QED) is 0.592. The summed E-state index contributed by atoms with van der Waals surface area (Å²) >= 11 is 0. The Morgan fingerprint density at radius 1 is 1.12 bits per heavy atom. The normalized spacial score (nSPS) is 16.5. The number of ketones is 1. The number of esters is 1. The van der Waals surface area contributed by atoms with Crippen molar-refractivity contribution in [2.24, 2.45) is 0 Å². The molecule has 0 aliphatic carbocycles. The number of benzene rings is 1. The summed E-state index contributed by atoms with van der Waals surface area (Å²) in [6.07, 6.45) is 1.55. The maximum absolute atomic E-state index is 12.8. The molecule has 2 aromatic rings. The van der Waals surface area contributed by atoms with Gasteiger partial charge >= 0.3 is 5.97 Å². The van der Waals surface area contributed by atoms with Crippen molar-refractivity contribution in [1.82, 2.24) is 4.57 Å². The third-order valence-corrected chi connectivity index (χ3v) is 5.55. The van der Waals surface area contributed by atoms with Crippen LogP contribution in [-0.2, 0) is 25.9 Å². The van der Waals surface area contributed by atoms with Crippen LogP contribution in [-0.4, -0.2) is 37.1 Å². The Hall–Kier alpha value is -2.41. The summed E-state index contributed by atoms with van der Waals surface area (Å²) in [5, 5.41) is 0. The number of nitrogens with zero attached hydrogens (tertiary/aromatic N) is 1. The van der Waals surface area contributed by atoms with E-state index >= 15 is 0 Å². The molecule has 0 saturated carbocycles. The van der Waals surface area contributed by atoms with Crippen LogP contribution in [0.2, 0.25) is 0 Å². The van der Waals surface area contributed by atoms with Crippen molar-refractivity contribution in [2.45, 2.75) is 43.7 Å². The second-order valence-corrected chi connectivity index (χ2v) is 8.76. The van der Waals surface area contributed by atoms with Gasteiger partial charge in [0.15, 0.2) is 9.84 Å². The summed E-state index contributed by atoms with van der Waals surface area (Å²) in [5.74, 6) is -0.825. The van der Waals surface area contributed by atoms with Gasteiger partial charge in [-0.1, -0.05) is 0 Å². The molecule has 2 heterocycles. The Balaban J connectivity index is 1.86. The maximum atomic E-state index is 12.8. The fourth-order valence-corrected chi connectivity index (χ4v) is 3.83. The van der Waals surface area contributed by atoms with Gasteiger partial charge in [0, 0.05) is 24.1 Å². The van der Waals surface area contributed by atoms with Gasteiger partial charge in [0.1, 0.15) is 0 Å². The molecule has 138 valence electrons. The predicted octanol–water partition coefficient (Wildman–Crippen LogP) is 2.56. The zero-order valence-corrected chi connectivity index (χ0v) is 15.7. The van der Waals surface area contributed by atoms with Crippen LogP contribution in [0, 0.1) is 0 Å². The topological polar surface area (TPSA) is 82.4 Å². The molecule has 0 spiro atoms. The van der Waals surface area contributed by atoms with Gasteiger partial charge in [-0.3, -0.25) is 9.59 Å². The Morgan fingerprint density at radius 2 is 1.77 bits per heavy atom. The third-order valence-electron chi connectivity index (χ3n) is 4.43. The first-order valence-corrected chi connectivity index (χ1v) is 10.3. The van der Waals surface area contributed by atoms with E-state index in [0.717, 1.165) is 11.9 Å².